The highest BCUT2D eigenvalue weighted by Crippen LogP contribution is 2.25. The molecule has 1 aliphatic rings. The van der Waals surface area contributed by atoms with Gasteiger partial charge >= 0.3 is 0 Å². The fourth-order valence-corrected chi connectivity index (χ4v) is 2.42. The number of nitrogens with one attached hydrogen (secondary N) is 2. The first-order valence-electron chi connectivity index (χ1n) is 6.01. The van der Waals surface area contributed by atoms with Gasteiger partial charge in [-0.1, -0.05) is 11.6 Å². The fourth-order valence-electron chi connectivity index (χ4n) is 2.10. The molecule has 19 heavy (non-hydrogen) atoms. The van der Waals surface area contributed by atoms with Gasteiger partial charge in [-0.25, -0.2) is 9.97 Å². The minimum Gasteiger partial charge on any atom is -0.340 e. The van der Waals surface area contributed by atoms with Crippen LogP contribution < -0.4 is 10.6 Å². The normalized spacial score (nSPS) is 14.0. The van der Waals surface area contributed by atoms with Crippen molar-refractivity contribution in [1.29, 1.82) is 0 Å². The minimum absolute atomic E-state index is 0.263. The van der Waals surface area contributed by atoms with Crippen LogP contribution in [0.15, 0.2) is 24.3 Å². The molecule has 98 valence electrons. The lowest BCUT2D eigenvalue weighted by Crippen LogP contribution is -2.26. The van der Waals surface area contributed by atoms with E-state index < -0.39 is 0 Å². The number of benzene rings is 1. The molecule has 0 spiro atoms. The number of nitrogens with zero attached hydrogens (tertiary/aromatic N) is 2. The number of anilines is 2. The topological polar surface area (TPSA) is 49.8 Å². The summed E-state index contributed by atoms with van der Waals surface area (Å²) in [6, 6.07) is 7.49. The number of halogens is 2. The summed E-state index contributed by atoms with van der Waals surface area (Å²) in [4.78, 5) is 8.55. The number of hydrogen-bond acceptors (Lipinski definition) is 4. The Balaban J connectivity index is 1.95. The summed E-state index contributed by atoms with van der Waals surface area (Å²) >= 11 is 11.8. The molecule has 1 aromatic heterocycles. The lowest BCUT2D eigenvalue weighted by atomic mass is 10.1. The lowest BCUT2D eigenvalue weighted by molar-refractivity contribution is 0.625. The Kier molecular flexibility index (Phi) is 3.55. The van der Waals surface area contributed by atoms with Gasteiger partial charge in [-0.05, 0) is 48.8 Å². The van der Waals surface area contributed by atoms with E-state index in [1.165, 1.54) is 0 Å². The number of fused-ring (bicyclic) bond motifs is 1. The maximum absolute atomic E-state index is 5.96. The van der Waals surface area contributed by atoms with Gasteiger partial charge in [0, 0.05) is 22.8 Å². The molecule has 0 atom stereocenters. The molecular weight excluding hydrogens is 283 g/mol. The van der Waals surface area contributed by atoms with E-state index in [9.17, 15) is 0 Å². The number of aromatic nitrogens is 2. The average Bonchev–Trinajstić information content (AvgIpc) is 2.41. The standard InChI is InChI=1S/C13H12Cl2N4/c14-8-1-3-9(4-2-8)17-12-10-5-6-16-7-11(10)18-13(15)19-12/h1-4,16H,5-7H2,(H,17,18,19). The Morgan fingerprint density at radius 3 is 2.68 bits per heavy atom. The summed E-state index contributed by atoms with van der Waals surface area (Å²) in [6.45, 7) is 1.65. The fraction of sp³-hybridized carbons (Fsp3) is 0.231. The molecule has 1 aromatic carbocycles. The van der Waals surface area contributed by atoms with Gasteiger partial charge in [-0.3, -0.25) is 0 Å². The molecule has 0 radical (unpaired) electrons. The van der Waals surface area contributed by atoms with Gasteiger partial charge in [0.05, 0.1) is 5.69 Å². The number of rotatable bonds is 2. The van der Waals surface area contributed by atoms with Crippen LogP contribution in [0, 0.1) is 0 Å². The molecule has 0 bridgehead atoms. The van der Waals surface area contributed by atoms with Gasteiger partial charge < -0.3 is 10.6 Å². The first-order valence-corrected chi connectivity index (χ1v) is 6.76. The molecule has 0 unspecified atom stereocenters. The van der Waals surface area contributed by atoms with Gasteiger partial charge in [0.25, 0.3) is 0 Å². The van der Waals surface area contributed by atoms with Gasteiger partial charge in [0.2, 0.25) is 5.28 Å². The molecule has 0 aliphatic carbocycles. The number of hydrogen-bond donors (Lipinski definition) is 2. The largest absolute Gasteiger partial charge is 0.340 e. The second-order valence-corrected chi connectivity index (χ2v) is 5.10. The van der Waals surface area contributed by atoms with Crippen LogP contribution in [0.1, 0.15) is 11.3 Å². The third-order valence-corrected chi connectivity index (χ3v) is 3.44. The zero-order valence-electron chi connectivity index (χ0n) is 10.1. The van der Waals surface area contributed by atoms with Crippen LogP contribution >= 0.6 is 23.2 Å². The van der Waals surface area contributed by atoms with Crippen LogP contribution in [0.4, 0.5) is 11.5 Å². The quantitative estimate of drug-likeness (QED) is 0.836. The Morgan fingerprint density at radius 2 is 1.89 bits per heavy atom. The van der Waals surface area contributed by atoms with Crippen molar-refractivity contribution in [3.05, 3.63) is 45.8 Å². The van der Waals surface area contributed by atoms with E-state index in [0.29, 0.717) is 5.02 Å². The van der Waals surface area contributed by atoms with Crippen molar-refractivity contribution in [2.45, 2.75) is 13.0 Å². The van der Waals surface area contributed by atoms with Crippen LogP contribution in [0.5, 0.6) is 0 Å². The van der Waals surface area contributed by atoms with Crippen molar-refractivity contribution in [3.8, 4) is 0 Å². The van der Waals surface area contributed by atoms with Crippen LogP contribution in [-0.4, -0.2) is 16.5 Å². The molecule has 3 rings (SSSR count). The Morgan fingerprint density at radius 1 is 1.11 bits per heavy atom. The van der Waals surface area contributed by atoms with Crippen molar-refractivity contribution < 1.29 is 0 Å². The van der Waals surface area contributed by atoms with Crippen LogP contribution in [0.25, 0.3) is 0 Å². The van der Waals surface area contributed by atoms with E-state index in [0.717, 1.165) is 42.3 Å². The molecule has 0 fully saturated rings. The summed E-state index contributed by atoms with van der Waals surface area (Å²) in [7, 11) is 0. The van der Waals surface area contributed by atoms with Gasteiger partial charge in [-0.2, -0.15) is 0 Å². The summed E-state index contributed by atoms with van der Waals surface area (Å²) in [5, 5.41) is 7.52. The van der Waals surface area contributed by atoms with Crippen molar-refractivity contribution in [1.82, 2.24) is 15.3 Å². The maximum Gasteiger partial charge on any atom is 0.224 e. The molecule has 1 aliphatic heterocycles. The molecule has 0 saturated heterocycles. The third kappa shape index (κ3) is 2.81. The van der Waals surface area contributed by atoms with E-state index in [1.54, 1.807) is 0 Å². The molecule has 6 heteroatoms. The highest BCUT2D eigenvalue weighted by atomic mass is 35.5. The van der Waals surface area contributed by atoms with Crippen LogP contribution in [0.3, 0.4) is 0 Å². The lowest BCUT2D eigenvalue weighted by Gasteiger charge is -2.19. The van der Waals surface area contributed by atoms with Crippen LogP contribution in [0.2, 0.25) is 10.3 Å². The Hall–Kier alpha value is -1.36. The first-order chi connectivity index (χ1) is 9.22. The smallest absolute Gasteiger partial charge is 0.224 e. The molecule has 2 heterocycles. The molecular formula is C13H12Cl2N4. The predicted octanol–water partition coefficient (Wildman–Crippen LogP) is 3.17. The third-order valence-electron chi connectivity index (χ3n) is 3.02. The zero-order chi connectivity index (χ0) is 13.2. The van der Waals surface area contributed by atoms with E-state index in [1.807, 2.05) is 24.3 Å². The first kappa shape index (κ1) is 12.7. The van der Waals surface area contributed by atoms with E-state index in [4.69, 9.17) is 23.2 Å². The zero-order valence-corrected chi connectivity index (χ0v) is 11.6. The van der Waals surface area contributed by atoms with Crippen molar-refractivity contribution in [3.63, 3.8) is 0 Å². The summed E-state index contributed by atoms with van der Waals surface area (Å²) < 4.78 is 0. The van der Waals surface area contributed by atoms with Crippen molar-refractivity contribution in [2.75, 3.05) is 11.9 Å². The second kappa shape index (κ2) is 5.33. The SMILES string of the molecule is Clc1ccc(Nc2nc(Cl)nc3c2CCNC3)cc1. The Bertz CT molecular complexity index is 598. The molecule has 2 aromatic rings. The summed E-state index contributed by atoms with van der Waals surface area (Å²) in [5.74, 6) is 0.777. The van der Waals surface area contributed by atoms with Crippen LogP contribution in [-0.2, 0) is 13.0 Å². The molecule has 2 N–H and O–H groups in total. The minimum atomic E-state index is 0.263. The highest BCUT2D eigenvalue weighted by Gasteiger charge is 2.17. The molecule has 4 nitrogen and oxygen atoms in total. The van der Waals surface area contributed by atoms with E-state index in [2.05, 4.69) is 20.6 Å². The van der Waals surface area contributed by atoms with E-state index in [-0.39, 0.29) is 5.28 Å². The van der Waals surface area contributed by atoms with Gasteiger partial charge in [-0.15, -0.1) is 0 Å². The van der Waals surface area contributed by atoms with Gasteiger partial charge in [0.1, 0.15) is 5.82 Å². The maximum atomic E-state index is 5.96. The summed E-state index contributed by atoms with van der Waals surface area (Å²) in [5.41, 5.74) is 3.01. The van der Waals surface area contributed by atoms with Crippen molar-refractivity contribution in [2.24, 2.45) is 0 Å². The average molecular weight is 295 g/mol. The van der Waals surface area contributed by atoms with E-state index >= 15 is 0 Å². The van der Waals surface area contributed by atoms with Gasteiger partial charge in [0.15, 0.2) is 0 Å². The monoisotopic (exact) mass is 294 g/mol. The highest BCUT2D eigenvalue weighted by molar-refractivity contribution is 6.30. The Labute approximate surface area is 121 Å². The molecule has 0 saturated carbocycles. The predicted molar refractivity (Wildman–Crippen MR) is 77.2 cm³/mol. The molecule has 0 amide bonds. The van der Waals surface area contributed by atoms with Crippen molar-refractivity contribution >= 4 is 34.7 Å². The summed E-state index contributed by atoms with van der Waals surface area (Å²) in [6.07, 6.45) is 0.891. The second-order valence-electron chi connectivity index (χ2n) is 4.33.